The van der Waals surface area contributed by atoms with Gasteiger partial charge in [0.25, 0.3) is 0 Å². The van der Waals surface area contributed by atoms with E-state index >= 15 is 0 Å². The van der Waals surface area contributed by atoms with Gasteiger partial charge in [0.1, 0.15) is 11.6 Å². The molecule has 4 aromatic rings. The first-order chi connectivity index (χ1) is 15.8. The van der Waals surface area contributed by atoms with Crippen molar-refractivity contribution in [2.24, 2.45) is 0 Å². The number of nitrogens with one attached hydrogen (secondary N) is 3. The molecule has 2 heterocycles. The quantitative estimate of drug-likeness (QED) is 0.372. The molecule has 0 saturated heterocycles. The van der Waals surface area contributed by atoms with Crippen LogP contribution in [0.4, 0.5) is 34.8 Å². The van der Waals surface area contributed by atoms with Crippen LogP contribution in [0.3, 0.4) is 0 Å². The molecule has 0 aliphatic carbocycles. The molecule has 4 rings (SSSR count). The number of hydrogen-bond acceptors (Lipinski definition) is 6. The Labute approximate surface area is 184 Å². The van der Waals surface area contributed by atoms with Gasteiger partial charge in [0.2, 0.25) is 11.7 Å². The highest BCUT2D eigenvalue weighted by molar-refractivity contribution is 5.92. The summed E-state index contributed by atoms with van der Waals surface area (Å²) in [7, 11) is 0. The van der Waals surface area contributed by atoms with Gasteiger partial charge in [0.15, 0.2) is 0 Å². The van der Waals surface area contributed by atoms with Gasteiger partial charge in [-0.15, -0.1) is 10.2 Å². The van der Waals surface area contributed by atoms with Crippen molar-refractivity contribution in [1.29, 1.82) is 0 Å². The zero-order valence-electron chi connectivity index (χ0n) is 16.7. The van der Waals surface area contributed by atoms with Gasteiger partial charge in [-0.1, -0.05) is 24.3 Å². The number of nitrogens with zero attached hydrogens (tertiary/aromatic N) is 4. The summed E-state index contributed by atoms with van der Waals surface area (Å²) in [6, 6.07) is 12.9. The number of hydrogen-bond donors (Lipinski definition) is 3. The minimum atomic E-state index is -4.70. The molecule has 0 saturated carbocycles. The van der Waals surface area contributed by atoms with Crippen LogP contribution in [0.15, 0.2) is 60.8 Å². The summed E-state index contributed by atoms with van der Waals surface area (Å²) in [6.07, 6.45) is -4.17. The van der Waals surface area contributed by atoms with Gasteiger partial charge in [0, 0.05) is 23.5 Å². The Balaban J connectivity index is 1.61. The first kappa shape index (κ1) is 21.9. The number of rotatable bonds is 6. The average molecular weight is 457 g/mol. The molecule has 168 valence electrons. The molecule has 0 bridgehead atoms. The number of aromatic amines is 1. The molecule has 0 radical (unpaired) electrons. The van der Waals surface area contributed by atoms with Gasteiger partial charge in [0.05, 0.1) is 17.7 Å². The van der Waals surface area contributed by atoms with Crippen molar-refractivity contribution in [3.8, 4) is 11.4 Å². The van der Waals surface area contributed by atoms with Crippen LogP contribution in [0.1, 0.15) is 11.1 Å². The van der Waals surface area contributed by atoms with Crippen LogP contribution in [-0.4, -0.2) is 31.5 Å². The molecule has 1 amide bonds. The second-order valence-corrected chi connectivity index (χ2v) is 6.87. The Kier molecular flexibility index (Phi) is 5.98. The molecule has 33 heavy (non-hydrogen) atoms. The monoisotopic (exact) mass is 457 g/mol. The molecular formula is C21H15F4N7O. The number of aromatic nitrogens is 5. The minimum Gasteiger partial charge on any atom is -0.354 e. The molecule has 0 spiro atoms. The second kappa shape index (κ2) is 9.02. The van der Waals surface area contributed by atoms with Gasteiger partial charge >= 0.3 is 6.18 Å². The number of carbonyl (C=O) groups is 1. The smallest absolute Gasteiger partial charge is 0.354 e. The summed E-state index contributed by atoms with van der Waals surface area (Å²) in [5, 5.41) is 18.7. The number of benzene rings is 2. The van der Waals surface area contributed by atoms with Gasteiger partial charge in [-0.2, -0.15) is 18.4 Å². The third kappa shape index (κ3) is 5.29. The van der Waals surface area contributed by atoms with E-state index in [9.17, 15) is 22.4 Å². The molecule has 2 aromatic carbocycles. The van der Waals surface area contributed by atoms with Crippen molar-refractivity contribution in [3.05, 3.63) is 77.7 Å². The highest BCUT2D eigenvalue weighted by Gasteiger charge is 2.34. The normalized spacial score (nSPS) is 11.3. The fourth-order valence-corrected chi connectivity index (χ4v) is 3.04. The van der Waals surface area contributed by atoms with Crippen molar-refractivity contribution in [3.63, 3.8) is 0 Å². The van der Waals surface area contributed by atoms with Gasteiger partial charge in [-0.3, -0.25) is 4.79 Å². The van der Waals surface area contributed by atoms with Crippen LogP contribution in [0.5, 0.6) is 0 Å². The SMILES string of the molecule is O=C(Cc1ccc(F)cc1)Nc1cc(Nc2ccccc2-c2nn[nH]n2)c(C(F)(F)F)cn1. The molecule has 8 nitrogen and oxygen atoms in total. The molecule has 3 N–H and O–H groups in total. The minimum absolute atomic E-state index is 0.0883. The van der Waals surface area contributed by atoms with Gasteiger partial charge in [-0.05, 0) is 35.0 Å². The molecule has 0 unspecified atom stereocenters. The predicted octanol–water partition coefficient (Wildman–Crippen LogP) is 4.34. The lowest BCUT2D eigenvalue weighted by molar-refractivity contribution is -0.137. The first-order valence-corrected chi connectivity index (χ1v) is 9.51. The number of anilines is 3. The van der Waals surface area contributed by atoms with E-state index in [0.29, 0.717) is 23.0 Å². The fourth-order valence-electron chi connectivity index (χ4n) is 3.04. The topological polar surface area (TPSA) is 108 Å². The zero-order valence-corrected chi connectivity index (χ0v) is 16.7. The van der Waals surface area contributed by atoms with Gasteiger partial charge < -0.3 is 10.6 Å². The Morgan fingerprint density at radius 1 is 1.03 bits per heavy atom. The third-order valence-corrected chi connectivity index (χ3v) is 4.54. The van der Waals surface area contributed by atoms with Gasteiger partial charge in [-0.25, -0.2) is 9.37 Å². The summed E-state index contributed by atoms with van der Waals surface area (Å²) in [4.78, 5) is 16.0. The lowest BCUT2D eigenvalue weighted by Gasteiger charge is -2.17. The molecule has 2 aromatic heterocycles. The number of amides is 1. The van der Waals surface area contributed by atoms with Crippen molar-refractivity contribution in [1.82, 2.24) is 25.6 Å². The zero-order chi connectivity index (χ0) is 23.4. The largest absolute Gasteiger partial charge is 0.419 e. The Morgan fingerprint density at radius 3 is 2.48 bits per heavy atom. The highest BCUT2D eigenvalue weighted by Crippen LogP contribution is 2.38. The number of pyridine rings is 1. The molecule has 0 aliphatic rings. The van der Waals surface area contributed by atoms with E-state index in [1.54, 1.807) is 24.3 Å². The summed E-state index contributed by atoms with van der Waals surface area (Å²) in [5.74, 6) is -0.865. The molecular weight excluding hydrogens is 442 g/mol. The Bertz CT molecular complexity index is 1260. The van der Waals surface area contributed by atoms with Crippen molar-refractivity contribution < 1.29 is 22.4 Å². The van der Waals surface area contributed by atoms with Crippen LogP contribution >= 0.6 is 0 Å². The van der Waals surface area contributed by atoms with E-state index in [2.05, 4.69) is 36.2 Å². The second-order valence-electron chi connectivity index (χ2n) is 6.87. The number of carbonyl (C=O) groups excluding carboxylic acids is 1. The third-order valence-electron chi connectivity index (χ3n) is 4.54. The number of para-hydroxylation sites is 1. The maximum atomic E-state index is 13.6. The van der Waals surface area contributed by atoms with E-state index in [-0.39, 0.29) is 23.8 Å². The fraction of sp³-hybridized carbons (Fsp3) is 0.0952. The average Bonchev–Trinajstić information content (AvgIpc) is 3.30. The summed E-state index contributed by atoms with van der Waals surface area (Å²) in [5.41, 5.74) is -0.113. The van der Waals surface area contributed by atoms with Crippen molar-refractivity contribution in [2.75, 3.05) is 10.6 Å². The standard InChI is InChI=1S/C21H15F4N7O/c22-13-7-5-12(6-8-13)9-19(33)28-18-10-17(15(11-26-18)21(23,24)25)27-16-4-2-1-3-14(16)20-29-31-32-30-20/h1-8,10-11H,9H2,(H2,26,27,28,33)(H,29,30,31,32). The number of alkyl halides is 3. The van der Waals surface area contributed by atoms with Crippen LogP contribution in [0.2, 0.25) is 0 Å². The van der Waals surface area contributed by atoms with Crippen LogP contribution in [0, 0.1) is 5.82 Å². The number of H-pyrrole nitrogens is 1. The maximum absolute atomic E-state index is 13.6. The molecule has 0 atom stereocenters. The first-order valence-electron chi connectivity index (χ1n) is 9.51. The summed E-state index contributed by atoms with van der Waals surface area (Å²) >= 11 is 0. The summed E-state index contributed by atoms with van der Waals surface area (Å²) < 4.78 is 53.8. The van der Waals surface area contributed by atoms with E-state index in [1.807, 2.05) is 0 Å². The number of halogens is 4. The molecule has 12 heteroatoms. The van der Waals surface area contributed by atoms with Crippen molar-refractivity contribution in [2.45, 2.75) is 12.6 Å². The van der Waals surface area contributed by atoms with E-state index in [1.165, 1.54) is 24.3 Å². The number of tetrazole rings is 1. The Morgan fingerprint density at radius 2 is 1.79 bits per heavy atom. The van der Waals surface area contributed by atoms with E-state index < -0.39 is 23.5 Å². The Hall–Kier alpha value is -4.35. The van der Waals surface area contributed by atoms with E-state index in [4.69, 9.17) is 0 Å². The summed E-state index contributed by atoms with van der Waals surface area (Å²) in [6.45, 7) is 0. The maximum Gasteiger partial charge on any atom is 0.419 e. The lowest BCUT2D eigenvalue weighted by Crippen LogP contribution is -2.17. The molecule has 0 aliphatic heterocycles. The molecule has 0 fully saturated rings. The van der Waals surface area contributed by atoms with E-state index in [0.717, 1.165) is 6.07 Å². The van der Waals surface area contributed by atoms with Crippen molar-refractivity contribution >= 4 is 23.1 Å². The highest BCUT2D eigenvalue weighted by atomic mass is 19.4. The van der Waals surface area contributed by atoms with Crippen LogP contribution in [0.25, 0.3) is 11.4 Å². The predicted molar refractivity (Wildman–Crippen MR) is 111 cm³/mol. The van der Waals surface area contributed by atoms with Crippen LogP contribution < -0.4 is 10.6 Å². The van der Waals surface area contributed by atoms with Crippen LogP contribution in [-0.2, 0) is 17.4 Å². The lowest BCUT2D eigenvalue weighted by atomic mass is 10.1.